The number of carbonyl (C=O) groups excluding carboxylic acids is 1. The molecule has 1 heterocycles. The Labute approximate surface area is 237 Å². The zero-order valence-electron chi connectivity index (χ0n) is 22.4. The van der Waals surface area contributed by atoms with Crippen molar-refractivity contribution in [1.82, 2.24) is 5.32 Å². The van der Waals surface area contributed by atoms with Gasteiger partial charge in [0.15, 0.2) is 0 Å². The van der Waals surface area contributed by atoms with E-state index in [1.165, 1.54) is 0 Å². The summed E-state index contributed by atoms with van der Waals surface area (Å²) in [5.41, 5.74) is 4.32. The maximum Gasteiger partial charge on any atom is 0.303 e. The molecule has 41 heavy (non-hydrogen) atoms. The molecule has 0 radical (unpaired) electrons. The largest absolute Gasteiger partial charge is 0.493 e. The molecule has 0 aliphatic rings. The Morgan fingerprint density at radius 3 is 2.37 bits per heavy atom. The molecule has 0 unspecified atom stereocenters. The van der Waals surface area contributed by atoms with Gasteiger partial charge in [-0.1, -0.05) is 42.5 Å². The summed E-state index contributed by atoms with van der Waals surface area (Å²) < 4.78 is 17.2. The normalized spacial score (nSPS) is 10.6. The number of rotatable bonds is 15. The fraction of sp³-hybridized carbons (Fsp3) is 0.219. The lowest BCUT2D eigenvalue weighted by Gasteiger charge is -2.17. The Morgan fingerprint density at radius 1 is 0.829 bits per heavy atom. The van der Waals surface area contributed by atoms with Crippen molar-refractivity contribution < 1.29 is 38.5 Å². The second-order valence-electron chi connectivity index (χ2n) is 9.35. The topological polar surface area (TPSA) is 135 Å². The van der Waals surface area contributed by atoms with Crippen LogP contribution in [-0.2, 0) is 29.2 Å². The first kappa shape index (κ1) is 28.9. The highest BCUT2D eigenvalue weighted by molar-refractivity contribution is 5.96. The van der Waals surface area contributed by atoms with E-state index in [1.807, 2.05) is 42.5 Å². The molecule has 4 aromatic rings. The third kappa shape index (κ3) is 8.72. The van der Waals surface area contributed by atoms with Crippen LogP contribution in [0.3, 0.4) is 0 Å². The van der Waals surface area contributed by atoms with Crippen LogP contribution in [0.15, 0.2) is 89.7 Å². The molecule has 1 amide bonds. The van der Waals surface area contributed by atoms with E-state index in [1.54, 1.807) is 42.9 Å². The van der Waals surface area contributed by atoms with Crippen molar-refractivity contribution in [2.75, 3.05) is 6.61 Å². The maximum absolute atomic E-state index is 13.1. The fourth-order valence-electron chi connectivity index (χ4n) is 4.25. The van der Waals surface area contributed by atoms with Gasteiger partial charge in [0.05, 0.1) is 19.1 Å². The molecule has 3 N–H and O–H groups in total. The highest BCUT2D eigenvalue weighted by Crippen LogP contribution is 2.29. The molecule has 0 atom stereocenters. The molecule has 212 valence electrons. The van der Waals surface area contributed by atoms with E-state index in [2.05, 4.69) is 5.32 Å². The molecule has 0 saturated heterocycles. The first-order valence-corrected chi connectivity index (χ1v) is 13.2. The number of carboxylic acids is 2. The molecule has 0 bridgehead atoms. The van der Waals surface area contributed by atoms with Crippen LogP contribution in [0, 0.1) is 0 Å². The molecule has 3 aromatic carbocycles. The summed E-state index contributed by atoms with van der Waals surface area (Å²) in [5, 5.41) is 21.1. The Morgan fingerprint density at radius 2 is 1.63 bits per heavy atom. The SMILES string of the molecule is O=C(O)CCCOc1cccc(COc2cc(C(=O)NCc3ccccc3)cc(-c3ccoc3)c2)c1CCC(=O)O. The lowest BCUT2D eigenvalue weighted by molar-refractivity contribution is -0.138. The van der Waals surface area contributed by atoms with Gasteiger partial charge in [-0.05, 0) is 59.9 Å². The number of hydrogen-bond acceptors (Lipinski definition) is 6. The van der Waals surface area contributed by atoms with E-state index in [9.17, 15) is 19.5 Å². The monoisotopic (exact) mass is 557 g/mol. The first-order valence-electron chi connectivity index (χ1n) is 13.2. The quantitative estimate of drug-likeness (QED) is 0.158. The van der Waals surface area contributed by atoms with Crippen molar-refractivity contribution in [3.63, 3.8) is 0 Å². The van der Waals surface area contributed by atoms with Gasteiger partial charge in [0.25, 0.3) is 5.91 Å². The second-order valence-corrected chi connectivity index (χ2v) is 9.35. The standard InChI is InChI=1S/C32H31NO8/c34-30(35)10-5-14-40-29-9-4-8-24(28(29)11-12-31(36)37)21-41-27-17-25(23-13-15-39-20-23)16-26(18-27)32(38)33-19-22-6-2-1-3-7-22/h1-4,6-9,13,15-18,20H,5,10-12,14,19,21H2,(H,33,38)(H,34,35)(H,36,37). The van der Waals surface area contributed by atoms with E-state index in [-0.39, 0.29) is 38.4 Å². The van der Waals surface area contributed by atoms with Gasteiger partial charge in [0.2, 0.25) is 0 Å². The van der Waals surface area contributed by atoms with Crippen LogP contribution in [0.4, 0.5) is 0 Å². The molecule has 0 aliphatic heterocycles. The Hall–Kier alpha value is -5.05. The molecule has 9 heteroatoms. The average molecular weight is 558 g/mol. The van der Waals surface area contributed by atoms with Crippen molar-refractivity contribution in [3.8, 4) is 22.6 Å². The van der Waals surface area contributed by atoms with Gasteiger partial charge in [0.1, 0.15) is 18.1 Å². The molecule has 0 aliphatic carbocycles. The predicted molar refractivity (Wildman–Crippen MR) is 151 cm³/mol. The minimum Gasteiger partial charge on any atom is -0.493 e. The van der Waals surface area contributed by atoms with Gasteiger partial charge in [-0.3, -0.25) is 14.4 Å². The lowest BCUT2D eigenvalue weighted by Crippen LogP contribution is -2.22. The number of carbonyl (C=O) groups is 3. The molecule has 0 saturated carbocycles. The lowest BCUT2D eigenvalue weighted by atomic mass is 10.0. The molecular weight excluding hydrogens is 526 g/mol. The smallest absolute Gasteiger partial charge is 0.303 e. The molecule has 4 rings (SSSR count). The minimum atomic E-state index is -0.948. The number of furan rings is 1. The molecular formula is C32H31NO8. The maximum atomic E-state index is 13.1. The number of nitrogens with one attached hydrogen (secondary N) is 1. The zero-order valence-corrected chi connectivity index (χ0v) is 22.4. The van der Waals surface area contributed by atoms with Crippen molar-refractivity contribution in [3.05, 3.63) is 108 Å². The number of hydrogen-bond donors (Lipinski definition) is 3. The van der Waals surface area contributed by atoms with Crippen molar-refractivity contribution in [2.45, 2.75) is 38.8 Å². The third-order valence-corrected chi connectivity index (χ3v) is 6.32. The van der Waals surface area contributed by atoms with E-state index in [4.69, 9.17) is 19.0 Å². The number of aliphatic carboxylic acids is 2. The predicted octanol–water partition coefficient (Wildman–Crippen LogP) is 5.72. The number of amides is 1. The second kappa shape index (κ2) is 14.4. The van der Waals surface area contributed by atoms with Crippen molar-refractivity contribution in [2.24, 2.45) is 0 Å². The van der Waals surface area contributed by atoms with Crippen molar-refractivity contribution >= 4 is 17.8 Å². The van der Waals surface area contributed by atoms with Crippen LogP contribution in [0.25, 0.3) is 11.1 Å². The van der Waals surface area contributed by atoms with Gasteiger partial charge < -0.3 is 29.4 Å². The Balaban J connectivity index is 1.54. The third-order valence-electron chi connectivity index (χ3n) is 6.32. The molecule has 0 fully saturated rings. The Kier molecular flexibility index (Phi) is 10.1. The average Bonchev–Trinajstić information content (AvgIpc) is 3.52. The van der Waals surface area contributed by atoms with Crippen LogP contribution < -0.4 is 14.8 Å². The Bertz CT molecular complexity index is 1460. The highest BCUT2D eigenvalue weighted by atomic mass is 16.5. The van der Waals surface area contributed by atoms with Gasteiger partial charge in [-0.25, -0.2) is 0 Å². The van der Waals surface area contributed by atoms with Gasteiger partial charge in [-0.2, -0.15) is 0 Å². The van der Waals surface area contributed by atoms with E-state index in [0.717, 1.165) is 22.3 Å². The summed E-state index contributed by atoms with van der Waals surface area (Å²) in [6.07, 6.45) is 3.54. The summed E-state index contributed by atoms with van der Waals surface area (Å²) in [4.78, 5) is 35.2. The zero-order chi connectivity index (χ0) is 29.0. The van der Waals surface area contributed by atoms with E-state index >= 15 is 0 Å². The van der Waals surface area contributed by atoms with Crippen LogP contribution >= 0.6 is 0 Å². The highest BCUT2D eigenvalue weighted by Gasteiger charge is 2.15. The number of carboxylic acid groups (broad SMARTS) is 2. The number of benzene rings is 3. The fourth-order valence-corrected chi connectivity index (χ4v) is 4.25. The van der Waals surface area contributed by atoms with Gasteiger partial charge in [0, 0.05) is 36.1 Å². The van der Waals surface area contributed by atoms with Crippen LogP contribution in [0.5, 0.6) is 11.5 Å². The van der Waals surface area contributed by atoms with E-state index in [0.29, 0.717) is 35.6 Å². The summed E-state index contributed by atoms with van der Waals surface area (Å²) in [7, 11) is 0. The van der Waals surface area contributed by atoms with Crippen molar-refractivity contribution in [1.29, 1.82) is 0 Å². The molecule has 9 nitrogen and oxygen atoms in total. The molecule has 1 aromatic heterocycles. The summed E-state index contributed by atoms with van der Waals surface area (Å²) in [6, 6.07) is 22.0. The minimum absolute atomic E-state index is 0.0263. The van der Waals surface area contributed by atoms with Gasteiger partial charge >= 0.3 is 11.9 Å². The summed E-state index contributed by atoms with van der Waals surface area (Å²) in [5.74, 6) is -1.18. The van der Waals surface area contributed by atoms with Crippen LogP contribution in [-0.4, -0.2) is 34.7 Å². The van der Waals surface area contributed by atoms with Gasteiger partial charge in [-0.15, -0.1) is 0 Å². The first-order chi connectivity index (χ1) is 19.9. The van der Waals surface area contributed by atoms with Crippen LogP contribution in [0.2, 0.25) is 0 Å². The van der Waals surface area contributed by atoms with Crippen LogP contribution in [0.1, 0.15) is 46.3 Å². The molecule has 0 spiro atoms. The summed E-state index contributed by atoms with van der Waals surface area (Å²) in [6.45, 7) is 0.657. The van der Waals surface area contributed by atoms with E-state index < -0.39 is 11.9 Å². The summed E-state index contributed by atoms with van der Waals surface area (Å²) >= 11 is 0. The number of ether oxygens (including phenoxy) is 2.